The van der Waals surface area contributed by atoms with E-state index in [9.17, 15) is 4.79 Å². The predicted molar refractivity (Wildman–Crippen MR) is 52.2 cm³/mol. The minimum atomic E-state index is 0.266. The van der Waals surface area contributed by atoms with Crippen LogP contribution in [0.3, 0.4) is 0 Å². The monoisotopic (exact) mass is 181 g/mol. The normalized spacial score (nSPS) is 45.2. The molecule has 0 aromatic rings. The number of rotatable bonds is 0. The van der Waals surface area contributed by atoms with E-state index in [0.717, 1.165) is 24.8 Å². The largest absolute Gasteiger partial charge is 0.356 e. The molecule has 1 aliphatic heterocycles. The minimum Gasteiger partial charge on any atom is -0.356 e. The minimum absolute atomic E-state index is 0.266. The van der Waals surface area contributed by atoms with Gasteiger partial charge in [-0.05, 0) is 36.5 Å². The molecule has 2 nitrogen and oxygen atoms in total. The van der Waals surface area contributed by atoms with E-state index in [1.54, 1.807) is 0 Å². The first-order valence-corrected chi connectivity index (χ1v) is 5.38. The lowest BCUT2D eigenvalue weighted by Gasteiger charge is -2.39. The lowest BCUT2D eigenvalue weighted by Crippen LogP contribution is -2.33. The number of hydrogen-bond donors (Lipinski definition) is 1. The predicted octanol–water partition coefficient (Wildman–Crippen LogP) is 1.95. The Morgan fingerprint density at radius 1 is 1.38 bits per heavy atom. The fourth-order valence-corrected chi connectivity index (χ4v) is 2.88. The van der Waals surface area contributed by atoms with E-state index in [4.69, 9.17) is 0 Å². The molecule has 13 heavy (non-hydrogen) atoms. The summed E-state index contributed by atoms with van der Waals surface area (Å²) < 4.78 is 0. The van der Waals surface area contributed by atoms with Gasteiger partial charge in [0.2, 0.25) is 5.91 Å². The Labute approximate surface area is 80.1 Å². The molecule has 74 valence electrons. The van der Waals surface area contributed by atoms with Crippen molar-refractivity contribution >= 4 is 5.91 Å². The average Bonchev–Trinajstić information content (AvgIpc) is 2.42. The zero-order chi connectivity index (χ0) is 9.47. The van der Waals surface area contributed by atoms with Crippen molar-refractivity contribution in [2.75, 3.05) is 6.54 Å². The van der Waals surface area contributed by atoms with Crippen molar-refractivity contribution in [3.8, 4) is 0 Å². The molecule has 2 aliphatic rings. The first-order chi connectivity index (χ1) is 6.11. The molecule has 0 bridgehead atoms. The number of nitrogens with one attached hydrogen (secondary N) is 1. The Kier molecular flexibility index (Phi) is 2.09. The molecule has 3 unspecified atom stereocenters. The number of carbonyl (C=O) groups is 1. The second-order valence-corrected chi connectivity index (χ2v) is 5.15. The van der Waals surface area contributed by atoms with Crippen LogP contribution in [0.1, 0.15) is 39.5 Å². The van der Waals surface area contributed by atoms with Gasteiger partial charge in [0.05, 0.1) is 0 Å². The standard InChI is InChI=1S/C11H19NO/c1-8-3-4-11(5-9(8)2)6-10(13)12-7-11/h8-9H,3-7H2,1-2H3,(H,12,13). The molecular weight excluding hydrogens is 162 g/mol. The summed E-state index contributed by atoms with van der Waals surface area (Å²) in [4.78, 5) is 11.2. The van der Waals surface area contributed by atoms with Gasteiger partial charge >= 0.3 is 0 Å². The first-order valence-electron chi connectivity index (χ1n) is 5.38. The quantitative estimate of drug-likeness (QED) is 0.608. The fourth-order valence-electron chi connectivity index (χ4n) is 2.88. The van der Waals surface area contributed by atoms with Crippen LogP contribution in [-0.2, 0) is 4.79 Å². The molecule has 0 radical (unpaired) electrons. The lowest BCUT2D eigenvalue weighted by atomic mass is 9.66. The van der Waals surface area contributed by atoms with Crippen molar-refractivity contribution in [1.82, 2.24) is 5.32 Å². The van der Waals surface area contributed by atoms with Crippen molar-refractivity contribution in [2.45, 2.75) is 39.5 Å². The summed E-state index contributed by atoms with van der Waals surface area (Å²) in [6.45, 7) is 5.60. The average molecular weight is 181 g/mol. The van der Waals surface area contributed by atoms with Crippen molar-refractivity contribution < 1.29 is 4.79 Å². The zero-order valence-corrected chi connectivity index (χ0v) is 8.60. The summed E-state index contributed by atoms with van der Waals surface area (Å²) in [5, 5.41) is 2.98. The van der Waals surface area contributed by atoms with Gasteiger partial charge in [-0.2, -0.15) is 0 Å². The third-order valence-corrected chi connectivity index (χ3v) is 4.05. The molecule has 1 heterocycles. The highest BCUT2D eigenvalue weighted by Gasteiger charge is 2.42. The van der Waals surface area contributed by atoms with E-state index in [0.29, 0.717) is 5.41 Å². The van der Waals surface area contributed by atoms with Gasteiger partial charge in [0.1, 0.15) is 0 Å². The van der Waals surface area contributed by atoms with Crippen molar-refractivity contribution in [2.24, 2.45) is 17.3 Å². The molecule has 2 heteroatoms. The number of hydrogen-bond acceptors (Lipinski definition) is 1. The Balaban J connectivity index is 2.05. The molecular formula is C11H19NO. The van der Waals surface area contributed by atoms with Gasteiger partial charge < -0.3 is 5.32 Å². The maximum atomic E-state index is 11.2. The third kappa shape index (κ3) is 1.59. The molecule has 1 amide bonds. The third-order valence-electron chi connectivity index (χ3n) is 4.05. The van der Waals surface area contributed by atoms with Crippen LogP contribution in [-0.4, -0.2) is 12.5 Å². The first kappa shape index (κ1) is 9.04. The Morgan fingerprint density at radius 3 is 2.69 bits per heavy atom. The molecule has 1 aliphatic carbocycles. The lowest BCUT2D eigenvalue weighted by molar-refractivity contribution is -0.119. The van der Waals surface area contributed by atoms with Crippen LogP contribution in [0, 0.1) is 17.3 Å². The molecule has 0 aromatic carbocycles. The van der Waals surface area contributed by atoms with Gasteiger partial charge in [-0.15, -0.1) is 0 Å². The fraction of sp³-hybridized carbons (Fsp3) is 0.909. The van der Waals surface area contributed by atoms with Crippen molar-refractivity contribution in [1.29, 1.82) is 0 Å². The van der Waals surface area contributed by atoms with Crippen LogP contribution in [0.2, 0.25) is 0 Å². The summed E-state index contributed by atoms with van der Waals surface area (Å²) in [5.41, 5.74) is 0.336. The molecule has 1 N–H and O–H groups in total. The van der Waals surface area contributed by atoms with E-state index < -0.39 is 0 Å². The van der Waals surface area contributed by atoms with Crippen molar-refractivity contribution in [3.63, 3.8) is 0 Å². The molecule has 1 spiro atoms. The molecule has 1 saturated heterocycles. The number of carbonyl (C=O) groups excluding carboxylic acids is 1. The van der Waals surface area contributed by atoms with E-state index in [-0.39, 0.29) is 5.91 Å². The van der Waals surface area contributed by atoms with E-state index in [2.05, 4.69) is 19.2 Å². The Bertz CT molecular complexity index is 226. The Morgan fingerprint density at radius 2 is 2.15 bits per heavy atom. The highest BCUT2D eigenvalue weighted by Crippen LogP contribution is 2.45. The molecule has 3 atom stereocenters. The molecule has 2 fully saturated rings. The second kappa shape index (κ2) is 3.00. The maximum absolute atomic E-state index is 11.2. The molecule has 1 saturated carbocycles. The summed E-state index contributed by atoms with van der Waals surface area (Å²) in [6, 6.07) is 0. The van der Waals surface area contributed by atoms with Crippen LogP contribution in [0.15, 0.2) is 0 Å². The van der Waals surface area contributed by atoms with Crippen LogP contribution in [0.25, 0.3) is 0 Å². The van der Waals surface area contributed by atoms with Crippen molar-refractivity contribution in [3.05, 3.63) is 0 Å². The number of amides is 1. The highest BCUT2D eigenvalue weighted by atomic mass is 16.1. The summed E-state index contributed by atoms with van der Waals surface area (Å²) in [5.74, 6) is 1.91. The van der Waals surface area contributed by atoms with E-state index >= 15 is 0 Å². The van der Waals surface area contributed by atoms with Gasteiger partial charge in [0, 0.05) is 13.0 Å². The van der Waals surface area contributed by atoms with E-state index in [1.807, 2.05) is 0 Å². The summed E-state index contributed by atoms with van der Waals surface area (Å²) in [6.07, 6.45) is 4.57. The van der Waals surface area contributed by atoms with Gasteiger partial charge in [-0.3, -0.25) is 4.79 Å². The second-order valence-electron chi connectivity index (χ2n) is 5.15. The zero-order valence-electron chi connectivity index (χ0n) is 8.60. The smallest absolute Gasteiger partial charge is 0.220 e. The van der Waals surface area contributed by atoms with Crippen LogP contribution < -0.4 is 5.32 Å². The summed E-state index contributed by atoms with van der Waals surface area (Å²) in [7, 11) is 0. The van der Waals surface area contributed by atoms with E-state index in [1.165, 1.54) is 19.3 Å². The van der Waals surface area contributed by atoms with Crippen LogP contribution >= 0.6 is 0 Å². The Hall–Kier alpha value is -0.530. The van der Waals surface area contributed by atoms with Gasteiger partial charge in [-0.25, -0.2) is 0 Å². The molecule has 0 aromatic heterocycles. The van der Waals surface area contributed by atoms with Gasteiger partial charge in [0.25, 0.3) is 0 Å². The topological polar surface area (TPSA) is 29.1 Å². The summed E-state index contributed by atoms with van der Waals surface area (Å²) >= 11 is 0. The highest BCUT2D eigenvalue weighted by molar-refractivity contribution is 5.79. The molecule has 2 rings (SSSR count). The van der Waals surface area contributed by atoms with Gasteiger partial charge in [-0.1, -0.05) is 13.8 Å². The SMILES string of the molecule is CC1CCC2(CNC(=O)C2)CC1C. The van der Waals surface area contributed by atoms with Crippen LogP contribution in [0.5, 0.6) is 0 Å². The maximum Gasteiger partial charge on any atom is 0.220 e. The van der Waals surface area contributed by atoms with Crippen LogP contribution in [0.4, 0.5) is 0 Å². The van der Waals surface area contributed by atoms with Gasteiger partial charge in [0.15, 0.2) is 0 Å².